The Morgan fingerprint density at radius 1 is 1.39 bits per heavy atom. The Bertz CT molecular complexity index is 387. The van der Waals surface area contributed by atoms with Gasteiger partial charge in [0, 0.05) is 11.7 Å². The Balaban J connectivity index is 2.85. The maximum atomic E-state index is 11.6. The lowest BCUT2D eigenvalue weighted by molar-refractivity contribution is -0.141. The number of carbonyl (C=O) groups excluding carboxylic acids is 1. The van der Waals surface area contributed by atoms with Crippen LogP contribution in [0.1, 0.15) is 20.8 Å². The number of ether oxygens (including phenoxy) is 1. The number of hydrogen-bond donors (Lipinski definition) is 0. The van der Waals surface area contributed by atoms with Crippen LogP contribution in [0.4, 0.5) is 5.69 Å². The number of para-hydroxylation sites is 1. The summed E-state index contributed by atoms with van der Waals surface area (Å²) in [6.45, 7) is 6.54. The number of esters is 1. The molecule has 98 valence electrons. The number of anilines is 1. The molecule has 0 radical (unpaired) electrons. The van der Waals surface area contributed by atoms with Gasteiger partial charge in [0.2, 0.25) is 0 Å². The lowest BCUT2D eigenvalue weighted by Gasteiger charge is -2.28. The predicted molar refractivity (Wildman–Crippen MR) is 74.7 cm³/mol. The van der Waals surface area contributed by atoms with Crippen molar-refractivity contribution < 1.29 is 9.53 Å². The van der Waals surface area contributed by atoms with Gasteiger partial charge in [0.1, 0.15) is 6.54 Å². The minimum atomic E-state index is -0.197. The lowest BCUT2D eigenvalue weighted by atomic mass is 10.2. The molecule has 1 rings (SSSR count). The van der Waals surface area contributed by atoms with Gasteiger partial charge < -0.3 is 9.64 Å². The van der Waals surface area contributed by atoms with E-state index in [1.165, 1.54) is 0 Å². The molecule has 0 aliphatic heterocycles. The number of carbonyl (C=O) groups is 1. The van der Waals surface area contributed by atoms with Gasteiger partial charge in [-0.1, -0.05) is 30.4 Å². The smallest absolute Gasteiger partial charge is 0.325 e. The van der Waals surface area contributed by atoms with Crippen LogP contribution in [0.5, 0.6) is 0 Å². The SMILES string of the molecule is C/C=C/C(C)N(CC(=O)OCC)c1ccccc1. The normalized spacial score (nSPS) is 12.4. The van der Waals surface area contributed by atoms with Crippen molar-refractivity contribution in [2.75, 3.05) is 18.1 Å². The number of nitrogens with zero attached hydrogens (tertiary/aromatic N) is 1. The van der Waals surface area contributed by atoms with Gasteiger partial charge in [0.25, 0.3) is 0 Å². The Morgan fingerprint density at radius 3 is 2.61 bits per heavy atom. The molecule has 0 heterocycles. The van der Waals surface area contributed by atoms with Gasteiger partial charge in [0.15, 0.2) is 0 Å². The zero-order chi connectivity index (χ0) is 13.4. The zero-order valence-electron chi connectivity index (χ0n) is 11.3. The third kappa shape index (κ3) is 4.24. The van der Waals surface area contributed by atoms with E-state index in [4.69, 9.17) is 4.74 Å². The summed E-state index contributed by atoms with van der Waals surface area (Å²) in [5.74, 6) is -0.197. The quantitative estimate of drug-likeness (QED) is 0.571. The predicted octanol–water partition coefficient (Wildman–Crippen LogP) is 3.02. The second kappa shape index (κ2) is 7.54. The molecular weight excluding hydrogens is 226 g/mol. The summed E-state index contributed by atoms with van der Waals surface area (Å²) in [4.78, 5) is 13.7. The van der Waals surface area contributed by atoms with E-state index in [9.17, 15) is 4.79 Å². The fraction of sp³-hybridized carbons (Fsp3) is 0.400. The topological polar surface area (TPSA) is 29.5 Å². The third-order valence-electron chi connectivity index (χ3n) is 2.66. The van der Waals surface area contributed by atoms with E-state index in [0.29, 0.717) is 6.61 Å². The second-order valence-electron chi connectivity index (χ2n) is 4.03. The molecule has 0 amide bonds. The molecule has 0 saturated carbocycles. The molecule has 18 heavy (non-hydrogen) atoms. The minimum Gasteiger partial charge on any atom is -0.465 e. The van der Waals surface area contributed by atoms with Crippen molar-refractivity contribution in [2.45, 2.75) is 26.8 Å². The second-order valence-corrected chi connectivity index (χ2v) is 4.03. The van der Waals surface area contributed by atoms with Crippen LogP contribution in [0, 0.1) is 0 Å². The summed E-state index contributed by atoms with van der Waals surface area (Å²) in [5, 5.41) is 0. The van der Waals surface area contributed by atoms with Crippen molar-refractivity contribution in [3.63, 3.8) is 0 Å². The molecule has 1 aromatic carbocycles. The molecule has 3 heteroatoms. The first kappa shape index (κ1) is 14.3. The van der Waals surface area contributed by atoms with E-state index < -0.39 is 0 Å². The molecule has 1 aromatic rings. The van der Waals surface area contributed by atoms with E-state index in [1.54, 1.807) is 0 Å². The van der Waals surface area contributed by atoms with Crippen LogP contribution in [0.15, 0.2) is 42.5 Å². The van der Waals surface area contributed by atoms with Crippen LogP contribution in [-0.4, -0.2) is 25.2 Å². The average Bonchev–Trinajstić information content (AvgIpc) is 2.37. The van der Waals surface area contributed by atoms with Gasteiger partial charge in [-0.2, -0.15) is 0 Å². The van der Waals surface area contributed by atoms with Crippen molar-refractivity contribution >= 4 is 11.7 Å². The molecule has 0 fully saturated rings. The Morgan fingerprint density at radius 2 is 2.06 bits per heavy atom. The Hall–Kier alpha value is -1.77. The molecule has 0 aromatic heterocycles. The summed E-state index contributed by atoms with van der Waals surface area (Å²) >= 11 is 0. The van der Waals surface area contributed by atoms with Crippen molar-refractivity contribution in [3.05, 3.63) is 42.5 Å². The van der Waals surface area contributed by atoms with Crippen molar-refractivity contribution in [3.8, 4) is 0 Å². The average molecular weight is 247 g/mol. The van der Waals surface area contributed by atoms with E-state index in [-0.39, 0.29) is 18.6 Å². The molecule has 0 aliphatic carbocycles. The number of benzene rings is 1. The fourth-order valence-corrected chi connectivity index (χ4v) is 1.82. The number of rotatable bonds is 6. The van der Waals surface area contributed by atoms with Crippen LogP contribution >= 0.6 is 0 Å². The lowest BCUT2D eigenvalue weighted by Crippen LogP contribution is -2.37. The Labute approximate surface area is 109 Å². The molecule has 0 N–H and O–H groups in total. The van der Waals surface area contributed by atoms with Crippen LogP contribution in [0.25, 0.3) is 0 Å². The minimum absolute atomic E-state index is 0.154. The first-order valence-corrected chi connectivity index (χ1v) is 6.29. The highest BCUT2D eigenvalue weighted by atomic mass is 16.5. The van der Waals surface area contributed by atoms with E-state index in [0.717, 1.165) is 5.69 Å². The Kier molecular flexibility index (Phi) is 5.98. The molecule has 3 nitrogen and oxygen atoms in total. The summed E-state index contributed by atoms with van der Waals surface area (Å²) < 4.78 is 5.02. The van der Waals surface area contributed by atoms with Crippen molar-refractivity contribution in [1.82, 2.24) is 0 Å². The summed E-state index contributed by atoms with van der Waals surface area (Å²) in [7, 11) is 0. The largest absolute Gasteiger partial charge is 0.465 e. The van der Waals surface area contributed by atoms with Gasteiger partial charge in [-0.25, -0.2) is 0 Å². The van der Waals surface area contributed by atoms with E-state index >= 15 is 0 Å². The van der Waals surface area contributed by atoms with Gasteiger partial charge in [-0.3, -0.25) is 4.79 Å². The molecule has 0 saturated heterocycles. The maximum Gasteiger partial charge on any atom is 0.325 e. The summed E-state index contributed by atoms with van der Waals surface area (Å²) in [6.07, 6.45) is 4.05. The standard InChI is InChI=1S/C15H21NO2/c1-4-9-13(3)16(12-15(17)18-5-2)14-10-7-6-8-11-14/h4,6-11,13H,5,12H2,1-3H3/b9-4+. The van der Waals surface area contributed by atoms with Crippen LogP contribution < -0.4 is 4.90 Å². The first-order valence-electron chi connectivity index (χ1n) is 6.29. The van der Waals surface area contributed by atoms with E-state index in [2.05, 4.69) is 13.0 Å². The molecule has 0 aliphatic rings. The van der Waals surface area contributed by atoms with Crippen LogP contribution in [-0.2, 0) is 9.53 Å². The molecule has 1 atom stereocenters. The van der Waals surface area contributed by atoms with E-state index in [1.807, 2.05) is 55.2 Å². The summed E-state index contributed by atoms with van der Waals surface area (Å²) in [6, 6.07) is 10.1. The van der Waals surface area contributed by atoms with Crippen molar-refractivity contribution in [2.24, 2.45) is 0 Å². The zero-order valence-corrected chi connectivity index (χ0v) is 11.3. The number of allylic oxidation sites excluding steroid dienone is 1. The van der Waals surface area contributed by atoms with Gasteiger partial charge in [0.05, 0.1) is 6.61 Å². The highest BCUT2D eigenvalue weighted by Gasteiger charge is 2.16. The first-order chi connectivity index (χ1) is 8.69. The van der Waals surface area contributed by atoms with Crippen LogP contribution in [0.3, 0.4) is 0 Å². The summed E-state index contributed by atoms with van der Waals surface area (Å²) in [5.41, 5.74) is 1.02. The highest BCUT2D eigenvalue weighted by Crippen LogP contribution is 2.17. The molecule has 1 unspecified atom stereocenters. The maximum absolute atomic E-state index is 11.6. The molecule has 0 bridgehead atoms. The fourth-order valence-electron chi connectivity index (χ4n) is 1.82. The number of hydrogen-bond acceptors (Lipinski definition) is 3. The molecule has 0 spiro atoms. The molecular formula is C15H21NO2. The third-order valence-corrected chi connectivity index (χ3v) is 2.66. The van der Waals surface area contributed by atoms with Crippen LogP contribution in [0.2, 0.25) is 0 Å². The van der Waals surface area contributed by atoms with Gasteiger partial charge in [-0.15, -0.1) is 0 Å². The van der Waals surface area contributed by atoms with Gasteiger partial charge in [-0.05, 0) is 32.9 Å². The highest BCUT2D eigenvalue weighted by molar-refractivity contribution is 5.76. The monoisotopic (exact) mass is 247 g/mol. The van der Waals surface area contributed by atoms with Crippen molar-refractivity contribution in [1.29, 1.82) is 0 Å². The van der Waals surface area contributed by atoms with Gasteiger partial charge >= 0.3 is 5.97 Å².